The van der Waals surface area contributed by atoms with E-state index in [9.17, 15) is 0 Å². The molecule has 2 heterocycles. The van der Waals surface area contributed by atoms with Gasteiger partial charge in [0.05, 0.1) is 18.2 Å². The summed E-state index contributed by atoms with van der Waals surface area (Å²) in [6, 6.07) is 4.49. The SMILES string of the molecule is CC1CCCC(n2cncc2-c2ccnc(N)c2)CC1. The summed E-state index contributed by atoms with van der Waals surface area (Å²) in [6.45, 7) is 2.36. The van der Waals surface area contributed by atoms with Crippen molar-refractivity contribution < 1.29 is 0 Å². The van der Waals surface area contributed by atoms with Crippen molar-refractivity contribution in [1.29, 1.82) is 0 Å². The van der Waals surface area contributed by atoms with Crippen LogP contribution in [0.5, 0.6) is 0 Å². The van der Waals surface area contributed by atoms with Gasteiger partial charge in [0.15, 0.2) is 0 Å². The van der Waals surface area contributed by atoms with Crippen molar-refractivity contribution >= 4 is 5.82 Å². The molecular formula is C16H22N4. The molecule has 0 saturated heterocycles. The van der Waals surface area contributed by atoms with E-state index in [1.807, 2.05) is 24.7 Å². The first-order chi connectivity index (χ1) is 9.74. The van der Waals surface area contributed by atoms with Crippen molar-refractivity contribution in [1.82, 2.24) is 14.5 Å². The van der Waals surface area contributed by atoms with Crippen LogP contribution in [0.15, 0.2) is 30.9 Å². The van der Waals surface area contributed by atoms with Crippen LogP contribution in [-0.2, 0) is 0 Å². The lowest BCUT2D eigenvalue weighted by molar-refractivity contribution is 0.435. The number of aromatic nitrogens is 3. The minimum atomic E-state index is 0.560. The van der Waals surface area contributed by atoms with Crippen LogP contribution in [0.1, 0.15) is 45.1 Å². The summed E-state index contributed by atoms with van der Waals surface area (Å²) in [4.78, 5) is 8.42. The van der Waals surface area contributed by atoms with Gasteiger partial charge in [0.2, 0.25) is 0 Å². The molecule has 1 aliphatic rings. The van der Waals surface area contributed by atoms with Crippen molar-refractivity contribution in [3.05, 3.63) is 30.9 Å². The van der Waals surface area contributed by atoms with E-state index in [0.717, 1.165) is 17.2 Å². The molecule has 1 saturated carbocycles. The first-order valence-electron chi connectivity index (χ1n) is 7.48. The standard InChI is InChI=1S/C16H22N4/c1-12-3-2-4-14(6-5-12)20-11-18-10-15(20)13-7-8-19-16(17)9-13/h7-12,14H,2-6H2,1H3,(H2,17,19). The van der Waals surface area contributed by atoms with Crippen LogP contribution >= 0.6 is 0 Å². The fourth-order valence-corrected chi connectivity index (χ4v) is 3.17. The lowest BCUT2D eigenvalue weighted by atomic mass is 10.0. The summed E-state index contributed by atoms with van der Waals surface area (Å²) in [5.41, 5.74) is 8.05. The molecule has 1 aliphatic carbocycles. The van der Waals surface area contributed by atoms with E-state index in [1.54, 1.807) is 6.20 Å². The van der Waals surface area contributed by atoms with Crippen molar-refractivity contribution in [2.75, 3.05) is 5.73 Å². The average Bonchev–Trinajstić information content (AvgIpc) is 2.82. The first-order valence-corrected chi connectivity index (χ1v) is 7.48. The van der Waals surface area contributed by atoms with Crippen molar-refractivity contribution in [2.24, 2.45) is 5.92 Å². The summed E-state index contributed by atoms with van der Waals surface area (Å²) >= 11 is 0. The van der Waals surface area contributed by atoms with Gasteiger partial charge in [-0.1, -0.05) is 19.8 Å². The van der Waals surface area contributed by atoms with Gasteiger partial charge >= 0.3 is 0 Å². The summed E-state index contributed by atoms with van der Waals surface area (Å²) < 4.78 is 2.33. The Hall–Kier alpha value is -1.84. The normalized spacial score (nSPS) is 23.4. The second-order valence-electron chi connectivity index (χ2n) is 5.92. The van der Waals surface area contributed by atoms with Gasteiger partial charge in [-0.05, 0) is 37.3 Å². The predicted molar refractivity (Wildman–Crippen MR) is 81.2 cm³/mol. The molecule has 4 heteroatoms. The van der Waals surface area contributed by atoms with Crippen LogP contribution in [0.25, 0.3) is 11.3 Å². The van der Waals surface area contributed by atoms with Gasteiger partial charge in [-0.15, -0.1) is 0 Å². The molecule has 1 fully saturated rings. The van der Waals surface area contributed by atoms with Crippen molar-refractivity contribution in [3.8, 4) is 11.3 Å². The molecule has 0 radical (unpaired) electrons. The average molecular weight is 270 g/mol. The minimum absolute atomic E-state index is 0.560. The highest BCUT2D eigenvalue weighted by Crippen LogP contribution is 2.33. The molecule has 0 aromatic carbocycles. The minimum Gasteiger partial charge on any atom is -0.384 e. The number of imidazole rings is 1. The van der Waals surface area contributed by atoms with Gasteiger partial charge < -0.3 is 10.3 Å². The monoisotopic (exact) mass is 270 g/mol. The van der Waals surface area contributed by atoms with E-state index in [4.69, 9.17) is 5.73 Å². The number of nitrogen functional groups attached to an aromatic ring is 1. The number of hydrogen-bond donors (Lipinski definition) is 1. The topological polar surface area (TPSA) is 56.7 Å². The van der Waals surface area contributed by atoms with Gasteiger partial charge in [-0.2, -0.15) is 0 Å². The molecule has 0 bridgehead atoms. The molecule has 2 unspecified atom stereocenters. The number of pyridine rings is 1. The number of nitrogens with two attached hydrogens (primary N) is 1. The molecule has 2 aromatic heterocycles. The van der Waals surface area contributed by atoms with Crippen LogP contribution in [0.4, 0.5) is 5.82 Å². The zero-order valence-electron chi connectivity index (χ0n) is 12.0. The lowest BCUT2D eigenvalue weighted by Crippen LogP contribution is -2.08. The van der Waals surface area contributed by atoms with Crippen LogP contribution in [0.2, 0.25) is 0 Å². The predicted octanol–water partition coefficient (Wildman–Crippen LogP) is 3.67. The highest BCUT2D eigenvalue weighted by atomic mass is 15.1. The zero-order chi connectivity index (χ0) is 13.9. The molecule has 2 N–H and O–H groups in total. The maximum atomic E-state index is 5.80. The van der Waals surface area contributed by atoms with E-state index < -0.39 is 0 Å². The largest absolute Gasteiger partial charge is 0.384 e. The Morgan fingerprint density at radius 2 is 2.15 bits per heavy atom. The molecule has 2 atom stereocenters. The third-order valence-corrected chi connectivity index (χ3v) is 4.36. The summed E-state index contributed by atoms with van der Waals surface area (Å²) in [5, 5.41) is 0. The lowest BCUT2D eigenvalue weighted by Gasteiger charge is -2.19. The van der Waals surface area contributed by atoms with Crippen LogP contribution in [-0.4, -0.2) is 14.5 Å². The fraction of sp³-hybridized carbons (Fsp3) is 0.500. The van der Waals surface area contributed by atoms with Crippen molar-refractivity contribution in [3.63, 3.8) is 0 Å². The Kier molecular flexibility index (Phi) is 3.72. The third-order valence-electron chi connectivity index (χ3n) is 4.36. The highest BCUT2D eigenvalue weighted by Gasteiger charge is 2.19. The number of anilines is 1. The van der Waals surface area contributed by atoms with Gasteiger partial charge in [0.1, 0.15) is 5.82 Å². The maximum Gasteiger partial charge on any atom is 0.123 e. The van der Waals surface area contributed by atoms with Gasteiger partial charge in [0, 0.05) is 17.8 Å². The second kappa shape index (κ2) is 5.65. The Balaban J connectivity index is 1.90. The molecule has 3 rings (SSSR count). The van der Waals surface area contributed by atoms with E-state index >= 15 is 0 Å². The molecule has 0 aliphatic heterocycles. The number of rotatable bonds is 2. The fourth-order valence-electron chi connectivity index (χ4n) is 3.17. The van der Waals surface area contributed by atoms with Crippen LogP contribution in [0, 0.1) is 5.92 Å². The molecule has 0 spiro atoms. The molecule has 20 heavy (non-hydrogen) atoms. The van der Waals surface area contributed by atoms with Gasteiger partial charge in [0.25, 0.3) is 0 Å². The van der Waals surface area contributed by atoms with Gasteiger partial charge in [-0.3, -0.25) is 0 Å². The Labute approximate surface area is 120 Å². The molecule has 2 aromatic rings. The Bertz CT molecular complexity index is 575. The molecule has 106 valence electrons. The molecule has 4 nitrogen and oxygen atoms in total. The molecular weight excluding hydrogens is 248 g/mol. The third kappa shape index (κ3) is 2.69. The van der Waals surface area contributed by atoms with Crippen LogP contribution in [0.3, 0.4) is 0 Å². The Morgan fingerprint density at radius 1 is 1.25 bits per heavy atom. The highest BCUT2D eigenvalue weighted by molar-refractivity contribution is 5.61. The van der Waals surface area contributed by atoms with E-state index in [0.29, 0.717) is 11.9 Å². The van der Waals surface area contributed by atoms with Crippen LogP contribution < -0.4 is 5.73 Å². The summed E-state index contributed by atoms with van der Waals surface area (Å²) in [5.74, 6) is 1.41. The number of nitrogens with zero attached hydrogens (tertiary/aromatic N) is 3. The quantitative estimate of drug-likeness (QED) is 0.847. The summed E-state index contributed by atoms with van der Waals surface area (Å²) in [6.07, 6.45) is 12.1. The smallest absolute Gasteiger partial charge is 0.123 e. The number of hydrogen-bond acceptors (Lipinski definition) is 3. The molecule has 0 amide bonds. The van der Waals surface area contributed by atoms with E-state index in [2.05, 4.69) is 21.5 Å². The summed E-state index contributed by atoms with van der Waals surface area (Å²) in [7, 11) is 0. The van der Waals surface area contributed by atoms with E-state index in [1.165, 1.54) is 32.1 Å². The second-order valence-corrected chi connectivity index (χ2v) is 5.92. The Morgan fingerprint density at radius 3 is 3.00 bits per heavy atom. The first kappa shape index (κ1) is 13.2. The maximum absolute atomic E-state index is 5.80. The van der Waals surface area contributed by atoms with Crippen molar-refractivity contribution in [2.45, 2.75) is 45.1 Å². The van der Waals surface area contributed by atoms with Gasteiger partial charge in [-0.25, -0.2) is 9.97 Å². The van der Waals surface area contributed by atoms with E-state index in [-0.39, 0.29) is 0 Å². The zero-order valence-corrected chi connectivity index (χ0v) is 12.0.